The molecule has 0 amide bonds. The molecule has 14 heavy (non-hydrogen) atoms. The summed E-state index contributed by atoms with van der Waals surface area (Å²) in [5.41, 5.74) is 0.180. The normalized spacial score (nSPS) is 10.2. The summed E-state index contributed by atoms with van der Waals surface area (Å²) in [5, 5.41) is 17.9. The Morgan fingerprint density at radius 2 is 1.71 bits per heavy atom. The Hall–Kier alpha value is -1.80. The highest BCUT2D eigenvalue weighted by atomic mass is 14.4. The zero-order chi connectivity index (χ0) is 10.4. The van der Waals surface area contributed by atoms with Gasteiger partial charge in [0, 0.05) is 6.42 Å². The minimum absolute atomic E-state index is 0.511. The van der Waals surface area contributed by atoms with Gasteiger partial charge in [-0.15, -0.1) is 0 Å². The average molecular weight is 184 g/mol. The first-order valence-corrected chi connectivity index (χ1v) is 4.63. The molecule has 0 radical (unpaired) electrons. The second-order valence-electron chi connectivity index (χ2n) is 3.32. The molecule has 0 atom stereocenters. The van der Waals surface area contributed by atoms with Crippen molar-refractivity contribution in [2.45, 2.75) is 19.8 Å². The molecule has 2 heteroatoms. The molecule has 0 aromatic heterocycles. The number of nitriles is 2. The van der Waals surface area contributed by atoms with E-state index in [4.69, 9.17) is 10.5 Å². The van der Waals surface area contributed by atoms with Crippen molar-refractivity contribution >= 4 is 0 Å². The maximum absolute atomic E-state index is 8.97. The number of hydrogen-bond donors (Lipinski definition) is 0. The summed E-state index contributed by atoms with van der Waals surface area (Å²) < 4.78 is 0. The number of benzene rings is 1. The lowest BCUT2D eigenvalue weighted by Gasteiger charge is -2.15. The molecule has 2 nitrogen and oxygen atoms in total. The molecular formula is C12H12N2. The van der Waals surface area contributed by atoms with E-state index in [1.807, 2.05) is 37.3 Å². The molecule has 0 saturated heterocycles. The third-order valence-corrected chi connectivity index (χ3v) is 2.38. The number of rotatable bonds is 3. The second kappa shape index (κ2) is 4.44. The van der Waals surface area contributed by atoms with E-state index < -0.39 is 5.41 Å². The molecule has 0 unspecified atom stereocenters. The van der Waals surface area contributed by atoms with Crippen molar-refractivity contribution in [3.63, 3.8) is 0 Å². The van der Waals surface area contributed by atoms with E-state index in [1.54, 1.807) is 0 Å². The van der Waals surface area contributed by atoms with Gasteiger partial charge in [-0.1, -0.05) is 37.3 Å². The monoisotopic (exact) mass is 184 g/mol. The lowest BCUT2D eigenvalue weighted by Crippen LogP contribution is -2.18. The minimum Gasteiger partial charge on any atom is -0.197 e. The SMILES string of the molecule is CCC(C#N)(C#N)Cc1ccccc1. The summed E-state index contributed by atoms with van der Waals surface area (Å²) >= 11 is 0. The molecule has 0 aliphatic rings. The van der Waals surface area contributed by atoms with Crippen LogP contribution in [0.1, 0.15) is 18.9 Å². The minimum atomic E-state index is -0.860. The van der Waals surface area contributed by atoms with Crippen molar-refractivity contribution in [3.8, 4) is 12.1 Å². The van der Waals surface area contributed by atoms with Crippen molar-refractivity contribution in [3.05, 3.63) is 35.9 Å². The van der Waals surface area contributed by atoms with Gasteiger partial charge in [0.1, 0.15) is 5.41 Å². The number of hydrogen-bond acceptors (Lipinski definition) is 2. The second-order valence-corrected chi connectivity index (χ2v) is 3.32. The Bertz CT molecular complexity index is 354. The molecule has 0 fully saturated rings. The smallest absolute Gasteiger partial charge is 0.147 e. The summed E-state index contributed by atoms with van der Waals surface area (Å²) in [4.78, 5) is 0. The summed E-state index contributed by atoms with van der Waals surface area (Å²) in [5.74, 6) is 0. The van der Waals surface area contributed by atoms with E-state index in [-0.39, 0.29) is 0 Å². The van der Waals surface area contributed by atoms with Crippen molar-refractivity contribution in [1.29, 1.82) is 10.5 Å². The zero-order valence-corrected chi connectivity index (χ0v) is 8.20. The first kappa shape index (κ1) is 10.3. The summed E-state index contributed by atoms with van der Waals surface area (Å²) in [7, 11) is 0. The molecule has 0 spiro atoms. The van der Waals surface area contributed by atoms with Gasteiger partial charge in [-0.05, 0) is 12.0 Å². The van der Waals surface area contributed by atoms with Crippen LogP contribution in [-0.2, 0) is 6.42 Å². The van der Waals surface area contributed by atoms with Gasteiger partial charge >= 0.3 is 0 Å². The standard InChI is InChI=1S/C12H12N2/c1-2-12(9-13,10-14)8-11-6-4-3-5-7-11/h3-7H,2,8H2,1H3. The number of nitrogens with zero attached hydrogens (tertiary/aromatic N) is 2. The third kappa shape index (κ3) is 2.12. The highest BCUT2D eigenvalue weighted by Crippen LogP contribution is 2.25. The van der Waals surface area contributed by atoms with Crippen LogP contribution in [0.15, 0.2) is 30.3 Å². The fourth-order valence-electron chi connectivity index (χ4n) is 1.33. The highest BCUT2D eigenvalue weighted by molar-refractivity contribution is 5.24. The fourth-order valence-corrected chi connectivity index (χ4v) is 1.33. The first-order chi connectivity index (χ1) is 6.76. The van der Waals surface area contributed by atoms with E-state index in [2.05, 4.69) is 12.1 Å². The van der Waals surface area contributed by atoms with E-state index in [0.29, 0.717) is 12.8 Å². The van der Waals surface area contributed by atoms with Crippen LogP contribution in [0.3, 0.4) is 0 Å². The van der Waals surface area contributed by atoms with Gasteiger partial charge in [-0.3, -0.25) is 0 Å². The maximum Gasteiger partial charge on any atom is 0.147 e. The van der Waals surface area contributed by atoms with Crippen LogP contribution in [0.2, 0.25) is 0 Å². The summed E-state index contributed by atoms with van der Waals surface area (Å²) in [6, 6.07) is 13.9. The van der Waals surface area contributed by atoms with Gasteiger partial charge in [0.15, 0.2) is 0 Å². The molecule has 1 aromatic rings. The largest absolute Gasteiger partial charge is 0.197 e. The first-order valence-electron chi connectivity index (χ1n) is 4.63. The van der Waals surface area contributed by atoms with E-state index in [9.17, 15) is 0 Å². The predicted molar refractivity (Wildman–Crippen MR) is 54.1 cm³/mol. The zero-order valence-electron chi connectivity index (χ0n) is 8.20. The molecular weight excluding hydrogens is 172 g/mol. The van der Waals surface area contributed by atoms with Gasteiger partial charge in [0.2, 0.25) is 0 Å². The van der Waals surface area contributed by atoms with E-state index in [1.165, 1.54) is 0 Å². The molecule has 1 aromatic carbocycles. The van der Waals surface area contributed by atoms with Gasteiger partial charge < -0.3 is 0 Å². The molecule has 0 heterocycles. The summed E-state index contributed by atoms with van der Waals surface area (Å²) in [6.45, 7) is 1.87. The highest BCUT2D eigenvalue weighted by Gasteiger charge is 2.27. The fraction of sp³-hybridized carbons (Fsp3) is 0.333. The Labute approximate surface area is 84.4 Å². The lowest BCUT2D eigenvalue weighted by atomic mass is 9.82. The van der Waals surface area contributed by atoms with Crippen LogP contribution >= 0.6 is 0 Å². The lowest BCUT2D eigenvalue weighted by molar-refractivity contribution is 0.499. The topological polar surface area (TPSA) is 47.6 Å². The van der Waals surface area contributed by atoms with Gasteiger partial charge in [-0.2, -0.15) is 10.5 Å². The molecule has 0 saturated carbocycles. The predicted octanol–water partition coefficient (Wildman–Crippen LogP) is 2.67. The van der Waals surface area contributed by atoms with Gasteiger partial charge in [0.05, 0.1) is 12.1 Å². The van der Waals surface area contributed by atoms with Crippen LogP contribution in [0.4, 0.5) is 0 Å². The van der Waals surface area contributed by atoms with Gasteiger partial charge in [0.25, 0.3) is 0 Å². The van der Waals surface area contributed by atoms with Crippen LogP contribution in [-0.4, -0.2) is 0 Å². The quantitative estimate of drug-likeness (QED) is 0.725. The Morgan fingerprint density at radius 3 is 2.14 bits per heavy atom. The van der Waals surface area contributed by atoms with E-state index in [0.717, 1.165) is 5.56 Å². The van der Waals surface area contributed by atoms with Crippen LogP contribution in [0.5, 0.6) is 0 Å². The van der Waals surface area contributed by atoms with Crippen LogP contribution in [0, 0.1) is 28.1 Å². The molecule has 0 bridgehead atoms. The van der Waals surface area contributed by atoms with Crippen LogP contribution < -0.4 is 0 Å². The maximum atomic E-state index is 8.97. The molecule has 1 rings (SSSR count). The molecule has 0 N–H and O–H groups in total. The third-order valence-electron chi connectivity index (χ3n) is 2.38. The molecule has 70 valence electrons. The summed E-state index contributed by atoms with van der Waals surface area (Å²) in [6.07, 6.45) is 1.08. The van der Waals surface area contributed by atoms with Gasteiger partial charge in [-0.25, -0.2) is 0 Å². The van der Waals surface area contributed by atoms with E-state index >= 15 is 0 Å². The Balaban J connectivity index is 2.88. The molecule has 0 aliphatic heterocycles. The van der Waals surface area contributed by atoms with Crippen molar-refractivity contribution in [1.82, 2.24) is 0 Å². The Morgan fingerprint density at radius 1 is 1.14 bits per heavy atom. The Kier molecular flexibility index (Phi) is 3.26. The molecule has 0 aliphatic carbocycles. The van der Waals surface area contributed by atoms with Crippen molar-refractivity contribution in [2.75, 3.05) is 0 Å². The van der Waals surface area contributed by atoms with Crippen LogP contribution in [0.25, 0.3) is 0 Å². The van der Waals surface area contributed by atoms with Crippen molar-refractivity contribution < 1.29 is 0 Å². The van der Waals surface area contributed by atoms with Crippen molar-refractivity contribution in [2.24, 2.45) is 5.41 Å². The average Bonchev–Trinajstić information content (AvgIpc) is 2.28.